The Labute approximate surface area is 106 Å². The van der Waals surface area contributed by atoms with E-state index in [-0.39, 0.29) is 18.9 Å². The predicted molar refractivity (Wildman–Crippen MR) is 62.6 cm³/mol. The van der Waals surface area contributed by atoms with E-state index in [0.29, 0.717) is 19.4 Å². The van der Waals surface area contributed by atoms with E-state index in [4.69, 9.17) is 4.74 Å². The molecule has 0 aromatic rings. The van der Waals surface area contributed by atoms with Crippen LogP contribution in [0, 0.1) is 5.41 Å². The Hall–Kier alpha value is -1.59. The number of amides is 1. The molecule has 0 atom stereocenters. The van der Waals surface area contributed by atoms with Crippen LogP contribution in [0.15, 0.2) is 0 Å². The van der Waals surface area contributed by atoms with E-state index < -0.39 is 17.3 Å². The van der Waals surface area contributed by atoms with E-state index in [0.717, 1.165) is 6.42 Å². The summed E-state index contributed by atoms with van der Waals surface area (Å²) in [5.74, 6) is -1.29. The first kappa shape index (κ1) is 14.5. The largest absolute Gasteiger partial charge is 0.469 e. The molecule has 1 aliphatic carbocycles. The van der Waals surface area contributed by atoms with Gasteiger partial charge in [0.25, 0.3) is 0 Å². The first-order valence-corrected chi connectivity index (χ1v) is 6.05. The molecule has 0 bridgehead atoms. The smallest absolute Gasteiger partial charge is 0.315 e. The maximum absolute atomic E-state index is 11.8. The number of hydrogen-bond donors (Lipinski definition) is 1. The number of esters is 2. The molecule has 1 fully saturated rings. The quantitative estimate of drug-likeness (QED) is 0.550. The summed E-state index contributed by atoms with van der Waals surface area (Å²) in [5, 5.41) is 2.59. The third-order valence-electron chi connectivity index (χ3n) is 3.18. The van der Waals surface area contributed by atoms with Gasteiger partial charge < -0.3 is 14.8 Å². The van der Waals surface area contributed by atoms with Gasteiger partial charge in [0.1, 0.15) is 6.42 Å². The Bertz CT molecular complexity index is 335. The molecule has 1 aliphatic rings. The van der Waals surface area contributed by atoms with Crippen LogP contribution in [-0.2, 0) is 23.9 Å². The van der Waals surface area contributed by atoms with Crippen molar-refractivity contribution in [2.45, 2.75) is 32.6 Å². The predicted octanol–water partition coefficient (Wildman–Crippen LogP) is 0.399. The summed E-state index contributed by atoms with van der Waals surface area (Å²) in [6.45, 7) is 2.30. The fourth-order valence-electron chi connectivity index (χ4n) is 1.87. The molecule has 0 spiro atoms. The van der Waals surface area contributed by atoms with E-state index in [1.807, 2.05) is 0 Å². The summed E-state index contributed by atoms with van der Waals surface area (Å²) in [5.41, 5.74) is -0.595. The highest BCUT2D eigenvalue weighted by Gasteiger charge is 2.45. The SMILES string of the molecule is CCOC(=O)C1(CNC(=O)CC(=O)OC)CCC1. The first-order chi connectivity index (χ1) is 8.54. The van der Waals surface area contributed by atoms with Crippen LogP contribution < -0.4 is 5.32 Å². The molecule has 102 valence electrons. The van der Waals surface area contributed by atoms with Gasteiger partial charge in [-0.3, -0.25) is 14.4 Å². The van der Waals surface area contributed by atoms with Crippen LogP contribution in [0.1, 0.15) is 32.6 Å². The third kappa shape index (κ3) is 3.45. The molecular formula is C12H19NO5. The average Bonchev–Trinajstić information content (AvgIpc) is 2.27. The van der Waals surface area contributed by atoms with Crippen molar-refractivity contribution in [3.63, 3.8) is 0 Å². The third-order valence-corrected chi connectivity index (χ3v) is 3.18. The van der Waals surface area contributed by atoms with E-state index in [9.17, 15) is 14.4 Å². The summed E-state index contributed by atoms with van der Waals surface area (Å²) in [6.07, 6.45) is 2.05. The molecule has 0 aromatic carbocycles. The van der Waals surface area contributed by atoms with Crippen molar-refractivity contribution in [1.29, 1.82) is 0 Å². The summed E-state index contributed by atoms with van der Waals surface area (Å²) in [4.78, 5) is 34.1. The van der Waals surface area contributed by atoms with Crippen molar-refractivity contribution in [2.75, 3.05) is 20.3 Å². The molecule has 1 amide bonds. The molecular weight excluding hydrogens is 238 g/mol. The van der Waals surface area contributed by atoms with E-state index in [1.54, 1.807) is 6.92 Å². The van der Waals surface area contributed by atoms with Gasteiger partial charge in [0, 0.05) is 6.54 Å². The zero-order valence-corrected chi connectivity index (χ0v) is 10.8. The zero-order valence-electron chi connectivity index (χ0n) is 10.8. The van der Waals surface area contributed by atoms with Gasteiger partial charge in [-0.25, -0.2) is 0 Å². The molecule has 18 heavy (non-hydrogen) atoms. The molecule has 6 heteroatoms. The van der Waals surface area contributed by atoms with Crippen molar-refractivity contribution in [3.8, 4) is 0 Å². The van der Waals surface area contributed by atoms with Crippen LogP contribution in [0.2, 0.25) is 0 Å². The standard InChI is InChI=1S/C12H19NO5/c1-3-18-11(16)12(5-4-6-12)8-13-9(14)7-10(15)17-2/h3-8H2,1-2H3,(H,13,14). The summed E-state index contributed by atoms with van der Waals surface area (Å²) in [7, 11) is 1.22. The Morgan fingerprint density at radius 1 is 1.28 bits per heavy atom. The second kappa shape index (κ2) is 6.37. The number of nitrogens with one attached hydrogen (secondary N) is 1. The normalized spacial score (nSPS) is 16.3. The lowest BCUT2D eigenvalue weighted by Crippen LogP contribution is -2.48. The van der Waals surface area contributed by atoms with Gasteiger partial charge in [0.2, 0.25) is 5.91 Å². The second-order valence-corrected chi connectivity index (χ2v) is 4.38. The molecule has 1 rings (SSSR count). The molecule has 0 aliphatic heterocycles. The monoisotopic (exact) mass is 257 g/mol. The molecule has 1 N–H and O–H groups in total. The van der Waals surface area contributed by atoms with Crippen LogP contribution >= 0.6 is 0 Å². The molecule has 0 radical (unpaired) electrons. The van der Waals surface area contributed by atoms with Crippen molar-refractivity contribution < 1.29 is 23.9 Å². The number of carbonyl (C=O) groups is 3. The second-order valence-electron chi connectivity index (χ2n) is 4.38. The van der Waals surface area contributed by atoms with Gasteiger partial charge in [-0.05, 0) is 19.8 Å². The molecule has 0 unspecified atom stereocenters. The highest BCUT2D eigenvalue weighted by Crippen LogP contribution is 2.41. The van der Waals surface area contributed by atoms with Gasteiger partial charge in [-0.2, -0.15) is 0 Å². The first-order valence-electron chi connectivity index (χ1n) is 6.05. The molecule has 0 heterocycles. The van der Waals surface area contributed by atoms with Gasteiger partial charge in [0.05, 0.1) is 19.1 Å². The number of methoxy groups -OCH3 is 1. The lowest BCUT2D eigenvalue weighted by Gasteiger charge is -2.39. The zero-order chi connectivity index (χ0) is 13.6. The highest BCUT2D eigenvalue weighted by molar-refractivity contribution is 5.94. The van der Waals surface area contributed by atoms with Gasteiger partial charge in [-0.1, -0.05) is 6.42 Å². The van der Waals surface area contributed by atoms with E-state index in [2.05, 4.69) is 10.1 Å². The topological polar surface area (TPSA) is 81.7 Å². The summed E-state index contributed by atoms with van der Waals surface area (Å²) in [6, 6.07) is 0. The van der Waals surface area contributed by atoms with Crippen molar-refractivity contribution >= 4 is 17.8 Å². The Balaban J connectivity index is 2.42. The number of carbonyl (C=O) groups excluding carboxylic acids is 3. The number of ether oxygens (including phenoxy) is 2. The van der Waals surface area contributed by atoms with Crippen LogP contribution in [0.4, 0.5) is 0 Å². The number of hydrogen-bond acceptors (Lipinski definition) is 5. The van der Waals surface area contributed by atoms with Gasteiger partial charge in [0.15, 0.2) is 0 Å². The van der Waals surface area contributed by atoms with Crippen LogP contribution in [0.3, 0.4) is 0 Å². The lowest BCUT2D eigenvalue weighted by atomic mass is 9.68. The van der Waals surface area contributed by atoms with Crippen molar-refractivity contribution in [3.05, 3.63) is 0 Å². The molecule has 1 saturated carbocycles. The summed E-state index contributed by atoms with van der Waals surface area (Å²) < 4.78 is 9.39. The summed E-state index contributed by atoms with van der Waals surface area (Å²) >= 11 is 0. The van der Waals surface area contributed by atoms with Crippen LogP contribution in [0.5, 0.6) is 0 Å². The fraction of sp³-hybridized carbons (Fsp3) is 0.750. The van der Waals surface area contributed by atoms with E-state index >= 15 is 0 Å². The molecule has 0 saturated heterocycles. The Morgan fingerprint density at radius 2 is 1.94 bits per heavy atom. The van der Waals surface area contributed by atoms with Crippen molar-refractivity contribution in [1.82, 2.24) is 5.32 Å². The average molecular weight is 257 g/mol. The maximum atomic E-state index is 11.8. The maximum Gasteiger partial charge on any atom is 0.315 e. The highest BCUT2D eigenvalue weighted by atomic mass is 16.5. The van der Waals surface area contributed by atoms with E-state index in [1.165, 1.54) is 7.11 Å². The van der Waals surface area contributed by atoms with Crippen LogP contribution in [-0.4, -0.2) is 38.1 Å². The van der Waals surface area contributed by atoms with Crippen LogP contribution in [0.25, 0.3) is 0 Å². The Kier molecular flexibility index (Phi) is 5.12. The van der Waals surface area contributed by atoms with Gasteiger partial charge in [-0.15, -0.1) is 0 Å². The fourth-order valence-corrected chi connectivity index (χ4v) is 1.87. The molecule has 6 nitrogen and oxygen atoms in total. The minimum absolute atomic E-state index is 0.224. The Morgan fingerprint density at radius 3 is 2.39 bits per heavy atom. The van der Waals surface area contributed by atoms with Crippen molar-refractivity contribution in [2.24, 2.45) is 5.41 Å². The lowest BCUT2D eigenvalue weighted by molar-refractivity contribution is -0.160. The minimum Gasteiger partial charge on any atom is -0.469 e. The minimum atomic E-state index is -0.595. The number of rotatable bonds is 6. The van der Waals surface area contributed by atoms with Gasteiger partial charge >= 0.3 is 11.9 Å². The molecule has 0 aromatic heterocycles.